The van der Waals surface area contributed by atoms with Crippen molar-refractivity contribution in [1.82, 2.24) is 0 Å². The maximum absolute atomic E-state index is 6.28. The molecule has 0 radical (unpaired) electrons. The molecule has 0 amide bonds. The molecule has 1 atom stereocenters. The Morgan fingerprint density at radius 1 is 1.10 bits per heavy atom. The first kappa shape index (κ1) is 13.9. The fraction of sp³-hybridized carbons (Fsp3) is 0.684. The second-order valence-corrected chi connectivity index (χ2v) is 8.47. The Balaban J connectivity index is 1.57. The average molecular weight is 304 g/mol. The molecule has 4 aliphatic rings. The van der Waals surface area contributed by atoms with Crippen LogP contribution < -0.4 is 5.32 Å². The van der Waals surface area contributed by atoms with E-state index in [1.54, 1.807) is 0 Å². The predicted octanol–water partition coefficient (Wildman–Crippen LogP) is 5.67. The van der Waals surface area contributed by atoms with Crippen LogP contribution in [0.5, 0.6) is 0 Å². The van der Waals surface area contributed by atoms with Crippen LogP contribution in [0.2, 0.25) is 5.02 Å². The Morgan fingerprint density at radius 3 is 2.24 bits per heavy atom. The topological polar surface area (TPSA) is 12.0 Å². The molecule has 4 fully saturated rings. The lowest BCUT2D eigenvalue weighted by Crippen LogP contribution is -2.52. The van der Waals surface area contributed by atoms with Crippen LogP contribution in [-0.4, -0.2) is 6.04 Å². The molecule has 2 heteroatoms. The van der Waals surface area contributed by atoms with Crippen molar-refractivity contribution in [3.8, 4) is 0 Å². The number of nitrogens with one attached hydrogen (secondary N) is 1. The van der Waals surface area contributed by atoms with Crippen LogP contribution >= 0.6 is 11.6 Å². The molecule has 114 valence electrons. The van der Waals surface area contributed by atoms with E-state index in [0.717, 1.165) is 22.8 Å². The van der Waals surface area contributed by atoms with Crippen molar-refractivity contribution in [2.24, 2.45) is 23.2 Å². The van der Waals surface area contributed by atoms with Gasteiger partial charge in [-0.25, -0.2) is 0 Å². The summed E-state index contributed by atoms with van der Waals surface area (Å²) in [4.78, 5) is 0. The number of rotatable bonds is 3. The number of hydrogen-bond donors (Lipinski definition) is 1. The zero-order chi connectivity index (χ0) is 14.6. The number of benzene rings is 1. The van der Waals surface area contributed by atoms with E-state index >= 15 is 0 Å². The minimum Gasteiger partial charge on any atom is -0.382 e. The van der Waals surface area contributed by atoms with Gasteiger partial charge in [-0.1, -0.05) is 17.7 Å². The van der Waals surface area contributed by atoms with Crippen molar-refractivity contribution in [3.63, 3.8) is 0 Å². The van der Waals surface area contributed by atoms with E-state index in [4.69, 9.17) is 11.6 Å². The molecular weight excluding hydrogens is 278 g/mol. The first-order valence-electron chi connectivity index (χ1n) is 8.57. The van der Waals surface area contributed by atoms with Crippen LogP contribution in [0.4, 0.5) is 5.69 Å². The van der Waals surface area contributed by atoms with Crippen LogP contribution in [0, 0.1) is 30.1 Å². The summed E-state index contributed by atoms with van der Waals surface area (Å²) in [5, 5.41) is 4.70. The molecule has 4 saturated carbocycles. The monoisotopic (exact) mass is 303 g/mol. The van der Waals surface area contributed by atoms with E-state index < -0.39 is 0 Å². The summed E-state index contributed by atoms with van der Waals surface area (Å²) in [7, 11) is 0. The van der Waals surface area contributed by atoms with Gasteiger partial charge in [0.1, 0.15) is 0 Å². The van der Waals surface area contributed by atoms with Gasteiger partial charge in [-0.3, -0.25) is 0 Å². The molecule has 1 unspecified atom stereocenters. The van der Waals surface area contributed by atoms with E-state index in [0.29, 0.717) is 11.5 Å². The Morgan fingerprint density at radius 2 is 1.67 bits per heavy atom. The highest BCUT2D eigenvalue weighted by atomic mass is 35.5. The molecule has 4 aliphatic carbocycles. The summed E-state index contributed by atoms with van der Waals surface area (Å²) in [6.07, 6.45) is 8.90. The van der Waals surface area contributed by atoms with E-state index in [-0.39, 0.29) is 0 Å². The Bertz CT molecular complexity index is 515. The summed E-state index contributed by atoms with van der Waals surface area (Å²) in [6.45, 7) is 4.53. The van der Waals surface area contributed by atoms with Gasteiger partial charge in [0.2, 0.25) is 0 Å². The minimum atomic E-state index is 0.545. The molecule has 0 aliphatic heterocycles. The van der Waals surface area contributed by atoms with Crippen molar-refractivity contribution in [1.29, 1.82) is 0 Å². The van der Waals surface area contributed by atoms with Gasteiger partial charge in [-0.05, 0) is 93.2 Å². The lowest BCUT2D eigenvalue weighted by atomic mass is 9.48. The third-order valence-electron chi connectivity index (χ3n) is 6.64. The smallest absolute Gasteiger partial charge is 0.0455 e. The van der Waals surface area contributed by atoms with Gasteiger partial charge in [0.05, 0.1) is 0 Å². The largest absolute Gasteiger partial charge is 0.382 e. The molecule has 0 heterocycles. The van der Waals surface area contributed by atoms with Crippen molar-refractivity contribution >= 4 is 17.3 Å². The molecule has 1 N–H and O–H groups in total. The molecule has 1 aromatic rings. The summed E-state index contributed by atoms with van der Waals surface area (Å²) in [5.41, 5.74) is 2.96. The standard InChI is InChI=1S/C19H26ClN/c1-12-17(20)4-3-5-18(12)21-13(2)19-9-14-6-15(10-19)8-16(7-14)11-19/h3-5,13-16,21H,6-11H2,1-2H3. The molecule has 1 aromatic carbocycles. The van der Waals surface area contributed by atoms with Gasteiger partial charge < -0.3 is 5.32 Å². The fourth-order valence-corrected chi connectivity index (χ4v) is 6.03. The van der Waals surface area contributed by atoms with Crippen LogP contribution in [0.25, 0.3) is 0 Å². The first-order valence-corrected chi connectivity index (χ1v) is 8.95. The zero-order valence-electron chi connectivity index (χ0n) is 13.2. The minimum absolute atomic E-state index is 0.545. The maximum atomic E-state index is 6.28. The van der Waals surface area contributed by atoms with E-state index in [9.17, 15) is 0 Å². The van der Waals surface area contributed by atoms with Gasteiger partial charge in [0.25, 0.3) is 0 Å². The van der Waals surface area contributed by atoms with Crippen molar-refractivity contribution in [3.05, 3.63) is 28.8 Å². The molecule has 21 heavy (non-hydrogen) atoms. The first-order chi connectivity index (χ1) is 10.1. The quantitative estimate of drug-likeness (QED) is 0.759. The Hall–Kier alpha value is -0.690. The molecule has 0 spiro atoms. The summed E-state index contributed by atoms with van der Waals surface area (Å²) in [6, 6.07) is 6.78. The number of anilines is 1. The highest BCUT2D eigenvalue weighted by molar-refractivity contribution is 6.31. The molecule has 4 bridgehead atoms. The highest BCUT2D eigenvalue weighted by Gasteiger charge is 2.53. The third kappa shape index (κ3) is 2.29. The van der Waals surface area contributed by atoms with Gasteiger partial charge >= 0.3 is 0 Å². The third-order valence-corrected chi connectivity index (χ3v) is 7.05. The fourth-order valence-electron chi connectivity index (χ4n) is 5.86. The summed E-state index contributed by atoms with van der Waals surface area (Å²) in [5.74, 6) is 3.04. The zero-order valence-corrected chi connectivity index (χ0v) is 13.9. The molecule has 0 saturated heterocycles. The predicted molar refractivity (Wildman–Crippen MR) is 89.9 cm³/mol. The van der Waals surface area contributed by atoms with Crippen molar-refractivity contribution in [2.45, 2.75) is 58.4 Å². The maximum Gasteiger partial charge on any atom is 0.0455 e. The van der Waals surface area contributed by atoms with Crippen molar-refractivity contribution in [2.75, 3.05) is 5.32 Å². The molecular formula is C19H26ClN. The number of hydrogen-bond acceptors (Lipinski definition) is 1. The van der Waals surface area contributed by atoms with Crippen LogP contribution in [0.15, 0.2) is 18.2 Å². The lowest BCUT2D eigenvalue weighted by Gasteiger charge is -2.59. The van der Waals surface area contributed by atoms with Crippen LogP contribution in [0.3, 0.4) is 0 Å². The SMILES string of the molecule is Cc1c(Cl)cccc1NC(C)C12CC3CC(CC(C3)C1)C2. The molecule has 5 rings (SSSR count). The van der Waals surface area contributed by atoms with E-state index in [1.165, 1.54) is 49.8 Å². The van der Waals surface area contributed by atoms with Gasteiger partial charge in [0.15, 0.2) is 0 Å². The van der Waals surface area contributed by atoms with Gasteiger partial charge in [0, 0.05) is 16.8 Å². The van der Waals surface area contributed by atoms with Crippen molar-refractivity contribution < 1.29 is 0 Å². The normalized spacial score (nSPS) is 38.5. The Labute approximate surface area is 133 Å². The Kier molecular flexibility index (Phi) is 3.26. The molecule has 0 aromatic heterocycles. The summed E-state index contributed by atoms with van der Waals surface area (Å²) < 4.78 is 0. The second-order valence-electron chi connectivity index (χ2n) is 8.06. The lowest BCUT2D eigenvalue weighted by molar-refractivity contribution is -0.0602. The molecule has 1 nitrogen and oxygen atoms in total. The second kappa shape index (κ2) is 4.91. The number of halogens is 1. The highest BCUT2D eigenvalue weighted by Crippen LogP contribution is 2.61. The average Bonchev–Trinajstić information content (AvgIpc) is 2.42. The van der Waals surface area contributed by atoms with Gasteiger partial charge in [-0.15, -0.1) is 0 Å². The summed E-state index contributed by atoms with van der Waals surface area (Å²) >= 11 is 6.28. The van der Waals surface area contributed by atoms with Crippen LogP contribution in [-0.2, 0) is 0 Å². The van der Waals surface area contributed by atoms with Crippen LogP contribution in [0.1, 0.15) is 51.0 Å². The van der Waals surface area contributed by atoms with E-state index in [1.807, 2.05) is 6.07 Å². The van der Waals surface area contributed by atoms with E-state index in [2.05, 4.69) is 31.3 Å². The van der Waals surface area contributed by atoms with Gasteiger partial charge in [-0.2, -0.15) is 0 Å².